The van der Waals surface area contributed by atoms with Gasteiger partial charge in [0, 0.05) is 32.4 Å². The summed E-state index contributed by atoms with van der Waals surface area (Å²) < 4.78 is 6.70. The lowest BCUT2D eigenvalue weighted by Gasteiger charge is -2.31. The molecule has 3 rings (SSSR count). The second-order valence-corrected chi connectivity index (χ2v) is 7.13. The van der Waals surface area contributed by atoms with Crippen molar-refractivity contribution in [2.45, 2.75) is 19.8 Å². The molecule has 0 radical (unpaired) electrons. The number of ether oxygens (including phenoxy) is 1. The topological polar surface area (TPSA) is 94.7 Å². The Morgan fingerprint density at radius 1 is 1.25 bits per heavy atom. The summed E-state index contributed by atoms with van der Waals surface area (Å²) in [5, 5.41) is 11.5. The van der Waals surface area contributed by atoms with Gasteiger partial charge in [0.1, 0.15) is 5.69 Å². The van der Waals surface area contributed by atoms with E-state index in [1.807, 2.05) is 4.90 Å². The van der Waals surface area contributed by atoms with Crippen LogP contribution in [0.5, 0.6) is 0 Å². The second kappa shape index (κ2) is 8.24. The van der Waals surface area contributed by atoms with Crippen molar-refractivity contribution >= 4 is 23.1 Å². The number of aromatic nitrogens is 1. The Bertz CT molecular complexity index is 897. The molecule has 148 valence electrons. The molecule has 8 heteroatoms. The summed E-state index contributed by atoms with van der Waals surface area (Å²) in [4.78, 5) is 37.4. The summed E-state index contributed by atoms with van der Waals surface area (Å²) in [6.07, 6.45) is 3.67. The SMILES string of the molecule is CC1CCN(c2ccc(C(=O)OCC(=O)c3cccn3C)cc2[N+](=O)[O-])CC1. The quantitative estimate of drug-likeness (QED) is 0.328. The Hall–Kier alpha value is -3.16. The molecular weight excluding hydrogens is 362 g/mol. The molecule has 0 amide bonds. The van der Waals surface area contributed by atoms with Crippen molar-refractivity contribution in [2.75, 3.05) is 24.6 Å². The minimum Gasteiger partial charge on any atom is -0.454 e. The standard InChI is InChI=1S/C20H23N3O5/c1-14-7-10-22(11-8-14)16-6-5-15(12-18(16)23(26)27)20(25)28-13-19(24)17-4-3-9-21(17)2/h3-6,9,12,14H,7-8,10-11,13H2,1-2H3. The van der Waals surface area contributed by atoms with Gasteiger partial charge in [-0.05, 0) is 43.0 Å². The fourth-order valence-electron chi connectivity index (χ4n) is 3.35. The summed E-state index contributed by atoms with van der Waals surface area (Å²) >= 11 is 0. The molecule has 1 aliphatic heterocycles. The van der Waals surface area contributed by atoms with Crippen molar-refractivity contribution in [1.82, 2.24) is 4.57 Å². The molecule has 0 saturated carbocycles. The van der Waals surface area contributed by atoms with Gasteiger partial charge in [0.2, 0.25) is 5.78 Å². The molecule has 28 heavy (non-hydrogen) atoms. The zero-order valence-corrected chi connectivity index (χ0v) is 16.0. The summed E-state index contributed by atoms with van der Waals surface area (Å²) in [6.45, 7) is 3.24. The first-order valence-electron chi connectivity index (χ1n) is 9.22. The van der Waals surface area contributed by atoms with Crippen LogP contribution in [0, 0.1) is 16.0 Å². The number of Topliss-reactive ketones (excluding diaryl/α,β-unsaturated/α-hetero) is 1. The third kappa shape index (κ3) is 4.21. The molecule has 0 unspecified atom stereocenters. The number of aryl methyl sites for hydroxylation is 1. The van der Waals surface area contributed by atoms with E-state index in [9.17, 15) is 19.7 Å². The van der Waals surface area contributed by atoms with E-state index in [1.54, 1.807) is 36.0 Å². The molecule has 0 bridgehead atoms. The molecule has 2 heterocycles. The van der Waals surface area contributed by atoms with Crippen LogP contribution in [0.15, 0.2) is 36.5 Å². The van der Waals surface area contributed by atoms with Crippen molar-refractivity contribution in [2.24, 2.45) is 13.0 Å². The van der Waals surface area contributed by atoms with Gasteiger partial charge >= 0.3 is 5.97 Å². The molecule has 1 fully saturated rings. The van der Waals surface area contributed by atoms with Crippen LogP contribution in [0.2, 0.25) is 0 Å². The molecule has 1 saturated heterocycles. The first-order valence-corrected chi connectivity index (χ1v) is 9.22. The highest BCUT2D eigenvalue weighted by molar-refractivity contribution is 5.98. The Kier molecular flexibility index (Phi) is 5.77. The summed E-state index contributed by atoms with van der Waals surface area (Å²) in [7, 11) is 1.72. The molecule has 0 aliphatic carbocycles. The number of hydrogen-bond donors (Lipinski definition) is 0. The van der Waals surface area contributed by atoms with Gasteiger partial charge in [-0.1, -0.05) is 6.92 Å². The van der Waals surface area contributed by atoms with Crippen LogP contribution < -0.4 is 4.90 Å². The molecule has 1 aromatic heterocycles. The summed E-state index contributed by atoms with van der Waals surface area (Å²) in [5.74, 6) is -0.495. The van der Waals surface area contributed by atoms with Gasteiger partial charge in [-0.3, -0.25) is 14.9 Å². The monoisotopic (exact) mass is 385 g/mol. The van der Waals surface area contributed by atoms with Gasteiger partial charge in [0.25, 0.3) is 5.69 Å². The molecule has 0 N–H and O–H groups in total. The van der Waals surface area contributed by atoms with Crippen LogP contribution in [0.25, 0.3) is 0 Å². The number of carbonyl (C=O) groups is 2. The smallest absolute Gasteiger partial charge is 0.338 e. The zero-order chi connectivity index (χ0) is 20.3. The number of nitrogens with zero attached hydrogens (tertiary/aromatic N) is 3. The van der Waals surface area contributed by atoms with Gasteiger partial charge in [-0.15, -0.1) is 0 Å². The van der Waals surface area contributed by atoms with E-state index in [0.717, 1.165) is 25.9 Å². The van der Waals surface area contributed by atoms with Gasteiger partial charge < -0.3 is 14.2 Å². The number of rotatable bonds is 6. The minimum absolute atomic E-state index is 0.0560. The number of esters is 1. The van der Waals surface area contributed by atoms with Crippen molar-refractivity contribution in [3.63, 3.8) is 0 Å². The van der Waals surface area contributed by atoms with E-state index in [4.69, 9.17) is 4.74 Å². The van der Waals surface area contributed by atoms with Gasteiger partial charge in [0.15, 0.2) is 6.61 Å². The lowest BCUT2D eigenvalue weighted by molar-refractivity contribution is -0.384. The predicted octanol–water partition coefficient (Wildman–Crippen LogP) is 3.21. The number of benzene rings is 1. The first kappa shape index (κ1) is 19.6. The fourth-order valence-corrected chi connectivity index (χ4v) is 3.35. The molecule has 2 aromatic rings. The van der Waals surface area contributed by atoms with Crippen LogP contribution in [-0.4, -0.2) is 40.9 Å². The van der Waals surface area contributed by atoms with Gasteiger partial charge in [0.05, 0.1) is 16.2 Å². The fraction of sp³-hybridized carbons (Fsp3) is 0.400. The highest BCUT2D eigenvalue weighted by Gasteiger charge is 2.25. The lowest BCUT2D eigenvalue weighted by atomic mass is 9.98. The van der Waals surface area contributed by atoms with Crippen LogP contribution in [0.4, 0.5) is 11.4 Å². The Balaban J connectivity index is 1.72. The van der Waals surface area contributed by atoms with Crippen LogP contribution in [0.3, 0.4) is 0 Å². The second-order valence-electron chi connectivity index (χ2n) is 7.13. The summed E-state index contributed by atoms with van der Waals surface area (Å²) in [6, 6.07) is 7.68. The van der Waals surface area contributed by atoms with Gasteiger partial charge in [-0.2, -0.15) is 0 Å². The Morgan fingerprint density at radius 3 is 2.57 bits per heavy atom. The maximum atomic E-state index is 12.3. The number of nitro benzene ring substituents is 1. The number of piperidine rings is 1. The molecule has 0 spiro atoms. The number of nitro groups is 1. The highest BCUT2D eigenvalue weighted by atomic mass is 16.6. The van der Waals surface area contributed by atoms with Gasteiger partial charge in [-0.25, -0.2) is 4.79 Å². The molecular formula is C20H23N3O5. The largest absolute Gasteiger partial charge is 0.454 e. The normalized spacial score (nSPS) is 14.7. The third-order valence-corrected chi connectivity index (χ3v) is 5.10. The molecule has 0 atom stereocenters. The third-order valence-electron chi connectivity index (χ3n) is 5.10. The van der Waals surface area contributed by atoms with Crippen LogP contribution >= 0.6 is 0 Å². The number of carbonyl (C=O) groups excluding carboxylic acids is 2. The number of hydrogen-bond acceptors (Lipinski definition) is 6. The van der Waals surface area contributed by atoms with Crippen molar-refractivity contribution in [1.29, 1.82) is 0 Å². The van der Waals surface area contributed by atoms with Crippen molar-refractivity contribution in [3.05, 3.63) is 57.9 Å². The van der Waals surface area contributed by atoms with Crippen LogP contribution in [0.1, 0.15) is 40.6 Å². The van der Waals surface area contributed by atoms with Crippen LogP contribution in [-0.2, 0) is 11.8 Å². The van der Waals surface area contributed by atoms with Crippen molar-refractivity contribution in [3.8, 4) is 0 Å². The van der Waals surface area contributed by atoms with E-state index in [0.29, 0.717) is 17.3 Å². The van der Waals surface area contributed by atoms with E-state index in [2.05, 4.69) is 6.92 Å². The average Bonchev–Trinajstić information content (AvgIpc) is 3.12. The molecule has 1 aliphatic rings. The first-order chi connectivity index (χ1) is 13.4. The molecule has 1 aromatic carbocycles. The van der Waals surface area contributed by atoms with E-state index in [1.165, 1.54) is 12.1 Å². The maximum absolute atomic E-state index is 12.3. The average molecular weight is 385 g/mol. The maximum Gasteiger partial charge on any atom is 0.338 e. The Labute approximate surface area is 162 Å². The number of ketones is 1. The van der Waals surface area contributed by atoms with Crippen molar-refractivity contribution < 1.29 is 19.2 Å². The zero-order valence-electron chi connectivity index (χ0n) is 16.0. The lowest BCUT2D eigenvalue weighted by Crippen LogP contribution is -2.33. The predicted molar refractivity (Wildman–Crippen MR) is 104 cm³/mol. The minimum atomic E-state index is -0.760. The Morgan fingerprint density at radius 2 is 1.96 bits per heavy atom. The number of anilines is 1. The molecule has 8 nitrogen and oxygen atoms in total. The van der Waals surface area contributed by atoms with E-state index < -0.39 is 17.5 Å². The highest BCUT2D eigenvalue weighted by Crippen LogP contribution is 2.32. The van der Waals surface area contributed by atoms with E-state index in [-0.39, 0.29) is 17.0 Å². The summed E-state index contributed by atoms with van der Waals surface area (Å²) in [5.41, 5.74) is 0.861. The van der Waals surface area contributed by atoms with E-state index >= 15 is 0 Å².